The molecule has 1 fully saturated rings. The van der Waals surface area contributed by atoms with Gasteiger partial charge in [0.15, 0.2) is 0 Å². The number of aryl methyl sites for hydroxylation is 1. The Kier molecular flexibility index (Phi) is 3.46. The first-order chi connectivity index (χ1) is 9.33. The third-order valence-corrected chi connectivity index (χ3v) is 3.45. The molecule has 0 amide bonds. The first kappa shape index (κ1) is 12.2. The molecule has 0 saturated carbocycles. The molecule has 0 aromatic carbocycles. The van der Waals surface area contributed by atoms with E-state index in [9.17, 15) is 0 Å². The lowest BCUT2D eigenvalue weighted by Gasteiger charge is -2.22. The van der Waals surface area contributed by atoms with Crippen LogP contribution < -0.4 is 5.32 Å². The van der Waals surface area contributed by atoms with Crippen molar-refractivity contribution in [1.82, 2.24) is 14.8 Å². The van der Waals surface area contributed by atoms with E-state index in [1.54, 1.807) is 6.20 Å². The lowest BCUT2D eigenvalue weighted by Crippen LogP contribution is -2.19. The van der Waals surface area contributed by atoms with Crippen molar-refractivity contribution in [3.05, 3.63) is 36.4 Å². The van der Waals surface area contributed by atoms with Gasteiger partial charge >= 0.3 is 0 Å². The van der Waals surface area contributed by atoms with E-state index in [1.807, 2.05) is 29.9 Å². The first-order valence-electron chi connectivity index (χ1n) is 6.63. The van der Waals surface area contributed by atoms with Gasteiger partial charge in [0.2, 0.25) is 0 Å². The fourth-order valence-corrected chi connectivity index (χ4v) is 2.32. The van der Waals surface area contributed by atoms with Crippen LogP contribution in [0.15, 0.2) is 30.7 Å². The van der Waals surface area contributed by atoms with Crippen molar-refractivity contribution in [1.29, 1.82) is 0 Å². The number of ether oxygens (including phenoxy) is 1. The van der Waals surface area contributed by atoms with E-state index in [1.165, 1.54) is 0 Å². The number of anilines is 2. The highest BCUT2D eigenvalue weighted by atomic mass is 16.5. The molecule has 1 aliphatic rings. The third-order valence-electron chi connectivity index (χ3n) is 3.45. The van der Waals surface area contributed by atoms with Crippen molar-refractivity contribution in [2.45, 2.75) is 25.8 Å². The van der Waals surface area contributed by atoms with Crippen molar-refractivity contribution < 1.29 is 4.74 Å². The normalized spacial score (nSPS) is 16.5. The van der Waals surface area contributed by atoms with E-state index in [4.69, 9.17) is 4.74 Å². The summed E-state index contributed by atoms with van der Waals surface area (Å²) in [7, 11) is 0. The van der Waals surface area contributed by atoms with Gasteiger partial charge in [-0.1, -0.05) is 0 Å². The molecule has 100 valence electrons. The molecule has 1 aliphatic heterocycles. The zero-order valence-corrected chi connectivity index (χ0v) is 11.0. The largest absolute Gasteiger partial charge is 0.381 e. The summed E-state index contributed by atoms with van der Waals surface area (Å²) >= 11 is 0. The Hall–Kier alpha value is -1.88. The highest BCUT2D eigenvalue weighted by molar-refractivity contribution is 5.59. The van der Waals surface area contributed by atoms with Crippen LogP contribution in [0.2, 0.25) is 0 Å². The van der Waals surface area contributed by atoms with Crippen LogP contribution in [0.25, 0.3) is 0 Å². The van der Waals surface area contributed by atoms with Crippen molar-refractivity contribution >= 4 is 11.4 Å². The molecule has 0 atom stereocenters. The molecule has 0 aliphatic carbocycles. The van der Waals surface area contributed by atoms with Gasteiger partial charge in [0.05, 0.1) is 29.3 Å². The second-order valence-electron chi connectivity index (χ2n) is 4.81. The zero-order chi connectivity index (χ0) is 13.1. The topological polar surface area (TPSA) is 52.0 Å². The molecular weight excluding hydrogens is 240 g/mol. The molecule has 3 rings (SSSR count). The van der Waals surface area contributed by atoms with Gasteiger partial charge in [0.25, 0.3) is 0 Å². The summed E-state index contributed by atoms with van der Waals surface area (Å²) in [6, 6.07) is 4.41. The Morgan fingerprint density at radius 1 is 1.37 bits per heavy atom. The van der Waals surface area contributed by atoms with Crippen molar-refractivity contribution in [3.8, 4) is 0 Å². The van der Waals surface area contributed by atoms with E-state index in [2.05, 4.69) is 21.6 Å². The second-order valence-corrected chi connectivity index (χ2v) is 4.81. The highest BCUT2D eigenvalue weighted by Crippen LogP contribution is 2.23. The van der Waals surface area contributed by atoms with E-state index >= 15 is 0 Å². The number of rotatable bonds is 3. The molecule has 3 heterocycles. The number of nitrogens with zero attached hydrogens (tertiary/aromatic N) is 3. The highest BCUT2D eigenvalue weighted by Gasteiger charge is 2.16. The molecule has 2 aromatic heterocycles. The van der Waals surface area contributed by atoms with Gasteiger partial charge in [-0.25, -0.2) is 0 Å². The minimum atomic E-state index is 0.458. The Labute approximate surface area is 112 Å². The van der Waals surface area contributed by atoms with Crippen LogP contribution in [-0.2, 0) is 4.74 Å². The van der Waals surface area contributed by atoms with E-state index in [0.717, 1.165) is 43.1 Å². The molecule has 0 radical (unpaired) electrons. The number of hydrogen-bond acceptors (Lipinski definition) is 4. The van der Waals surface area contributed by atoms with Gasteiger partial charge in [-0.2, -0.15) is 5.10 Å². The molecule has 1 N–H and O–H groups in total. The maximum atomic E-state index is 5.37. The van der Waals surface area contributed by atoms with Gasteiger partial charge < -0.3 is 10.1 Å². The summed E-state index contributed by atoms with van der Waals surface area (Å²) < 4.78 is 7.41. The van der Waals surface area contributed by atoms with Crippen LogP contribution in [-0.4, -0.2) is 28.0 Å². The Balaban J connectivity index is 1.73. The smallest absolute Gasteiger partial charge is 0.0771 e. The summed E-state index contributed by atoms with van der Waals surface area (Å²) in [5.74, 6) is 0. The number of nitrogens with one attached hydrogen (secondary N) is 1. The van der Waals surface area contributed by atoms with Crippen LogP contribution in [0, 0.1) is 6.92 Å². The standard InChI is InChI=1S/C14H18N4O/c1-11-14(3-2-6-15-11)17-12-9-16-18(10-12)13-4-7-19-8-5-13/h2-3,6,9-10,13,17H,4-5,7-8H2,1H3. The van der Waals surface area contributed by atoms with Crippen molar-refractivity contribution in [3.63, 3.8) is 0 Å². The van der Waals surface area contributed by atoms with Crippen LogP contribution in [0.3, 0.4) is 0 Å². The minimum Gasteiger partial charge on any atom is -0.381 e. The quantitative estimate of drug-likeness (QED) is 0.919. The fourth-order valence-electron chi connectivity index (χ4n) is 2.32. The van der Waals surface area contributed by atoms with Crippen LogP contribution in [0.1, 0.15) is 24.6 Å². The summed E-state index contributed by atoms with van der Waals surface area (Å²) in [5.41, 5.74) is 3.01. The monoisotopic (exact) mass is 258 g/mol. The van der Waals surface area contributed by atoms with Gasteiger partial charge in [-0.05, 0) is 31.9 Å². The number of pyridine rings is 1. The predicted octanol–water partition coefficient (Wildman–Crippen LogP) is 2.68. The van der Waals surface area contributed by atoms with Crippen LogP contribution >= 0.6 is 0 Å². The molecule has 0 spiro atoms. The maximum absolute atomic E-state index is 5.37. The Morgan fingerprint density at radius 3 is 3.00 bits per heavy atom. The third kappa shape index (κ3) is 2.76. The van der Waals surface area contributed by atoms with Crippen molar-refractivity contribution in [2.75, 3.05) is 18.5 Å². The van der Waals surface area contributed by atoms with Crippen LogP contribution in [0.4, 0.5) is 11.4 Å². The van der Waals surface area contributed by atoms with Gasteiger partial charge in [0, 0.05) is 25.6 Å². The molecule has 1 saturated heterocycles. The number of aromatic nitrogens is 3. The molecule has 0 bridgehead atoms. The second kappa shape index (κ2) is 5.40. The Morgan fingerprint density at radius 2 is 2.21 bits per heavy atom. The average Bonchev–Trinajstić information content (AvgIpc) is 2.91. The average molecular weight is 258 g/mol. The lowest BCUT2D eigenvalue weighted by molar-refractivity contribution is 0.0662. The van der Waals surface area contributed by atoms with Gasteiger partial charge in [-0.15, -0.1) is 0 Å². The molecule has 5 nitrogen and oxygen atoms in total. The Bertz CT molecular complexity index is 546. The van der Waals surface area contributed by atoms with Crippen molar-refractivity contribution in [2.24, 2.45) is 0 Å². The van der Waals surface area contributed by atoms with Crippen LogP contribution in [0.5, 0.6) is 0 Å². The molecule has 19 heavy (non-hydrogen) atoms. The summed E-state index contributed by atoms with van der Waals surface area (Å²) in [4.78, 5) is 4.27. The van der Waals surface area contributed by atoms with E-state index < -0.39 is 0 Å². The summed E-state index contributed by atoms with van der Waals surface area (Å²) in [6.45, 7) is 3.65. The molecule has 0 unspecified atom stereocenters. The van der Waals surface area contributed by atoms with E-state index in [-0.39, 0.29) is 0 Å². The van der Waals surface area contributed by atoms with Gasteiger partial charge in [0.1, 0.15) is 0 Å². The molecular formula is C14H18N4O. The predicted molar refractivity (Wildman–Crippen MR) is 73.6 cm³/mol. The lowest BCUT2D eigenvalue weighted by atomic mass is 10.1. The summed E-state index contributed by atoms with van der Waals surface area (Å²) in [6.07, 6.45) is 7.79. The molecule has 5 heteroatoms. The molecule has 2 aromatic rings. The van der Waals surface area contributed by atoms with E-state index in [0.29, 0.717) is 6.04 Å². The first-order valence-corrected chi connectivity index (χ1v) is 6.63. The summed E-state index contributed by atoms with van der Waals surface area (Å²) in [5, 5.41) is 7.80. The minimum absolute atomic E-state index is 0.458. The maximum Gasteiger partial charge on any atom is 0.0771 e. The fraction of sp³-hybridized carbons (Fsp3) is 0.429. The zero-order valence-electron chi connectivity index (χ0n) is 11.0. The SMILES string of the molecule is Cc1ncccc1Nc1cnn(C2CCOCC2)c1. The van der Waals surface area contributed by atoms with Gasteiger partial charge in [-0.3, -0.25) is 9.67 Å². The number of hydrogen-bond donors (Lipinski definition) is 1.